The van der Waals surface area contributed by atoms with Gasteiger partial charge in [-0.1, -0.05) is 64.5 Å². The van der Waals surface area contributed by atoms with Crippen molar-refractivity contribution in [2.45, 2.75) is 63.0 Å². The predicted molar refractivity (Wildman–Crippen MR) is 151 cm³/mol. The minimum atomic E-state index is -1.02. The quantitative estimate of drug-likeness (QED) is 0.370. The Labute approximate surface area is 245 Å². The number of imide groups is 1. The van der Waals surface area contributed by atoms with Crippen LogP contribution in [0.1, 0.15) is 19.4 Å². The van der Waals surface area contributed by atoms with Crippen LogP contribution in [0.3, 0.4) is 0 Å². The van der Waals surface area contributed by atoms with Crippen LogP contribution in [0.4, 0.5) is 11.4 Å². The summed E-state index contributed by atoms with van der Waals surface area (Å²) in [5.74, 6) is -2.47. The summed E-state index contributed by atoms with van der Waals surface area (Å²) in [5.41, 5.74) is 2.18. The lowest BCUT2D eigenvalue weighted by molar-refractivity contribution is -0.222. The van der Waals surface area contributed by atoms with Crippen molar-refractivity contribution in [1.29, 1.82) is 0 Å². The van der Waals surface area contributed by atoms with Crippen molar-refractivity contribution in [3.05, 3.63) is 95.0 Å². The second-order valence-corrected chi connectivity index (χ2v) is 11.9. The van der Waals surface area contributed by atoms with E-state index in [4.69, 9.17) is 23.8 Å². The molecule has 0 saturated carbocycles. The van der Waals surface area contributed by atoms with Crippen LogP contribution in [-0.2, 0) is 40.0 Å². The topological polar surface area (TPSA) is 86.8 Å². The van der Waals surface area contributed by atoms with Gasteiger partial charge < -0.3 is 18.9 Å². The minimum Gasteiger partial charge on any atom is -0.368 e. The van der Waals surface area contributed by atoms with E-state index in [0.717, 1.165) is 10.0 Å². The standard InChI is InChI=1S/C31H29BrN2O7/c1-31(2)39-27-26(37-17-18-9-5-3-6-10-18)25(38-30(27)40-31)23-22-24(41-34(23)21-11-7-4-8-12-21)29(36)33(28(22)35)20-15-13-19(32)14-16-20/h3-16,22-27,30H,17H2,1-2H3/t22-,23+,24+,25-,26+,27-,30-/m1/s1. The van der Waals surface area contributed by atoms with Crippen molar-refractivity contribution in [3.63, 3.8) is 0 Å². The number of rotatable bonds is 6. The molecule has 4 fully saturated rings. The normalized spacial score (nSPS) is 32.0. The zero-order valence-electron chi connectivity index (χ0n) is 22.5. The summed E-state index contributed by atoms with van der Waals surface area (Å²) in [7, 11) is 0. The predicted octanol–water partition coefficient (Wildman–Crippen LogP) is 4.59. The summed E-state index contributed by atoms with van der Waals surface area (Å²) in [5, 5.41) is 1.64. The van der Waals surface area contributed by atoms with E-state index in [-0.39, 0.29) is 5.91 Å². The summed E-state index contributed by atoms with van der Waals surface area (Å²) < 4.78 is 26.2. The highest BCUT2D eigenvalue weighted by Crippen LogP contribution is 2.48. The minimum absolute atomic E-state index is 0.309. The number of benzene rings is 3. The number of ether oxygens (including phenoxy) is 4. The second kappa shape index (κ2) is 10.3. The van der Waals surface area contributed by atoms with Gasteiger partial charge in [0.15, 0.2) is 18.2 Å². The molecule has 3 aromatic carbocycles. The molecule has 10 heteroatoms. The Balaban J connectivity index is 1.26. The van der Waals surface area contributed by atoms with Gasteiger partial charge in [0, 0.05) is 4.47 Å². The van der Waals surface area contributed by atoms with E-state index in [1.54, 1.807) is 29.3 Å². The average molecular weight is 621 g/mol. The smallest absolute Gasteiger partial charge is 0.266 e. The lowest BCUT2D eigenvalue weighted by atomic mass is 9.89. The number of carbonyl (C=O) groups is 2. The van der Waals surface area contributed by atoms with Crippen LogP contribution in [0.15, 0.2) is 89.4 Å². The Morgan fingerprint density at radius 3 is 2.22 bits per heavy atom. The van der Waals surface area contributed by atoms with Crippen LogP contribution in [0.25, 0.3) is 0 Å². The zero-order valence-corrected chi connectivity index (χ0v) is 24.0. The van der Waals surface area contributed by atoms with Gasteiger partial charge in [-0.3, -0.25) is 14.4 Å². The monoisotopic (exact) mass is 620 g/mol. The van der Waals surface area contributed by atoms with Crippen LogP contribution in [-0.4, -0.2) is 54.3 Å². The molecular formula is C31H29BrN2O7. The van der Waals surface area contributed by atoms with Gasteiger partial charge in [-0.15, -0.1) is 0 Å². The maximum absolute atomic E-state index is 14.1. The van der Waals surface area contributed by atoms with Gasteiger partial charge in [0.05, 0.1) is 18.0 Å². The number of amides is 2. The van der Waals surface area contributed by atoms with E-state index < -0.39 is 54.4 Å². The summed E-state index contributed by atoms with van der Waals surface area (Å²) in [6, 6.07) is 25.6. The molecule has 0 spiro atoms. The van der Waals surface area contributed by atoms with Gasteiger partial charge in [-0.2, -0.15) is 0 Å². The molecule has 4 heterocycles. The van der Waals surface area contributed by atoms with Gasteiger partial charge >= 0.3 is 0 Å². The van der Waals surface area contributed by atoms with Gasteiger partial charge in [-0.25, -0.2) is 9.96 Å². The average Bonchev–Trinajstić information content (AvgIpc) is 3.66. The van der Waals surface area contributed by atoms with Crippen LogP contribution < -0.4 is 9.96 Å². The molecule has 7 rings (SSSR count). The van der Waals surface area contributed by atoms with E-state index in [9.17, 15) is 9.59 Å². The van der Waals surface area contributed by atoms with E-state index in [2.05, 4.69) is 15.9 Å². The van der Waals surface area contributed by atoms with Crippen molar-refractivity contribution < 1.29 is 33.4 Å². The molecular weight excluding hydrogens is 592 g/mol. The third-order valence-corrected chi connectivity index (χ3v) is 8.43. The lowest BCUT2D eigenvalue weighted by Crippen LogP contribution is -2.52. The largest absolute Gasteiger partial charge is 0.368 e. The fourth-order valence-electron chi connectivity index (χ4n) is 6.17. The molecule has 0 bridgehead atoms. The Morgan fingerprint density at radius 1 is 0.829 bits per heavy atom. The molecule has 4 aliphatic rings. The van der Waals surface area contributed by atoms with Crippen molar-refractivity contribution >= 4 is 39.1 Å². The Hall–Kier alpha value is -3.12. The molecule has 0 N–H and O–H groups in total. The lowest BCUT2D eigenvalue weighted by Gasteiger charge is -2.35. The van der Waals surface area contributed by atoms with E-state index >= 15 is 0 Å². The van der Waals surface area contributed by atoms with E-state index in [1.807, 2.05) is 74.5 Å². The van der Waals surface area contributed by atoms with Crippen molar-refractivity contribution in [3.8, 4) is 0 Å². The summed E-state index contributed by atoms with van der Waals surface area (Å²) in [6.45, 7) is 3.97. The first-order valence-electron chi connectivity index (χ1n) is 13.6. The van der Waals surface area contributed by atoms with E-state index in [1.165, 1.54) is 4.90 Å². The van der Waals surface area contributed by atoms with Crippen molar-refractivity contribution in [1.82, 2.24) is 0 Å². The molecule has 4 saturated heterocycles. The fraction of sp³-hybridized carbons (Fsp3) is 0.355. The molecule has 9 nitrogen and oxygen atoms in total. The molecule has 7 atom stereocenters. The van der Waals surface area contributed by atoms with Gasteiger partial charge in [0.1, 0.15) is 30.3 Å². The first-order valence-corrected chi connectivity index (χ1v) is 14.4. The number of halogens is 1. The number of anilines is 2. The maximum atomic E-state index is 14.1. The van der Waals surface area contributed by atoms with Crippen molar-refractivity contribution in [2.24, 2.45) is 5.92 Å². The first-order chi connectivity index (χ1) is 19.8. The molecule has 0 aromatic heterocycles. The molecule has 0 aliphatic carbocycles. The molecule has 0 radical (unpaired) electrons. The third-order valence-electron chi connectivity index (χ3n) is 7.91. The number of hydrogen-bond acceptors (Lipinski definition) is 8. The van der Waals surface area contributed by atoms with Crippen LogP contribution >= 0.6 is 15.9 Å². The Kier molecular flexibility index (Phi) is 6.72. The van der Waals surface area contributed by atoms with Crippen LogP contribution in [0, 0.1) is 5.92 Å². The molecule has 212 valence electrons. The SMILES string of the molecule is CC1(C)O[C@H]2O[C@H]([C@@H]3[C@H]4C(=O)N(c5ccc(Br)cc5)C(=O)[C@H]4ON3c3ccccc3)[C@H](OCc3ccccc3)[C@H]2O1. The second-order valence-electron chi connectivity index (χ2n) is 11.0. The van der Waals surface area contributed by atoms with Crippen LogP contribution in [0.5, 0.6) is 0 Å². The zero-order chi connectivity index (χ0) is 28.3. The Bertz CT molecular complexity index is 1440. The number of hydrogen-bond donors (Lipinski definition) is 0. The number of para-hydroxylation sites is 1. The Morgan fingerprint density at radius 2 is 1.51 bits per heavy atom. The molecule has 41 heavy (non-hydrogen) atoms. The maximum Gasteiger partial charge on any atom is 0.266 e. The number of nitrogens with zero attached hydrogens (tertiary/aromatic N) is 2. The molecule has 4 aliphatic heterocycles. The number of hydroxylamine groups is 1. The van der Waals surface area contributed by atoms with Crippen molar-refractivity contribution in [2.75, 3.05) is 9.96 Å². The van der Waals surface area contributed by atoms with Gasteiger partial charge in [-0.05, 0) is 55.8 Å². The van der Waals surface area contributed by atoms with E-state index in [0.29, 0.717) is 18.0 Å². The molecule has 0 unspecified atom stereocenters. The summed E-state index contributed by atoms with van der Waals surface area (Å²) >= 11 is 3.42. The third kappa shape index (κ3) is 4.68. The highest BCUT2D eigenvalue weighted by atomic mass is 79.9. The highest BCUT2D eigenvalue weighted by Gasteiger charge is 2.67. The first kappa shape index (κ1) is 26.8. The number of carbonyl (C=O) groups excluding carboxylic acids is 2. The highest BCUT2D eigenvalue weighted by molar-refractivity contribution is 9.10. The summed E-state index contributed by atoms with van der Waals surface area (Å²) in [4.78, 5) is 35.3. The van der Waals surface area contributed by atoms with Gasteiger partial charge in [0.25, 0.3) is 5.91 Å². The fourth-order valence-corrected chi connectivity index (χ4v) is 6.43. The molecule has 3 aromatic rings. The summed E-state index contributed by atoms with van der Waals surface area (Å²) in [6.07, 6.45) is -3.58. The van der Waals surface area contributed by atoms with Crippen LogP contribution in [0.2, 0.25) is 0 Å². The van der Waals surface area contributed by atoms with Gasteiger partial charge in [0.2, 0.25) is 5.91 Å². The molecule has 2 amide bonds. The number of fused-ring (bicyclic) bond motifs is 2.